The third kappa shape index (κ3) is 2.94. The quantitative estimate of drug-likeness (QED) is 0.892. The molecule has 0 aliphatic carbocycles. The number of urea groups is 1. The Labute approximate surface area is 113 Å². The van der Waals surface area contributed by atoms with Gasteiger partial charge in [-0.25, -0.2) is 4.79 Å². The van der Waals surface area contributed by atoms with Crippen molar-refractivity contribution in [3.8, 4) is 0 Å². The van der Waals surface area contributed by atoms with E-state index in [0.29, 0.717) is 0 Å². The van der Waals surface area contributed by atoms with Gasteiger partial charge in [0, 0.05) is 0 Å². The number of hydrogen-bond acceptors (Lipinski definition) is 1. The van der Waals surface area contributed by atoms with Crippen LogP contribution in [0.2, 0.25) is 0 Å². The first-order valence-electron chi connectivity index (χ1n) is 6.16. The van der Waals surface area contributed by atoms with Gasteiger partial charge in [0.25, 0.3) is 0 Å². The minimum absolute atomic E-state index is 0.493. The molecule has 0 spiro atoms. The van der Waals surface area contributed by atoms with Crippen LogP contribution in [-0.4, -0.2) is 6.03 Å². The number of amides is 2. The molecule has 19 heavy (non-hydrogen) atoms. The van der Waals surface area contributed by atoms with E-state index in [-0.39, 0.29) is 0 Å². The normalized spacial score (nSPS) is 10.2. The second-order valence-electron chi connectivity index (χ2n) is 4.43. The Kier molecular flexibility index (Phi) is 3.85. The van der Waals surface area contributed by atoms with E-state index in [2.05, 4.69) is 6.92 Å². The number of anilines is 2. The minimum atomic E-state index is -0.493. The number of nitrogens with zero attached hydrogens (tertiary/aromatic N) is 1. The van der Waals surface area contributed by atoms with Crippen LogP contribution in [0.15, 0.2) is 48.5 Å². The maximum atomic E-state index is 11.7. The number of aryl methyl sites for hydroxylation is 1. The monoisotopic (exact) mass is 253 g/mol. The van der Waals surface area contributed by atoms with Crippen molar-refractivity contribution in [1.82, 2.24) is 0 Å². The molecule has 2 N–H and O–H groups in total. The van der Waals surface area contributed by atoms with Crippen LogP contribution in [-0.2, 0) is 6.42 Å². The van der Waals surface area contributed by atoms with Crippen molar-refractivity contribution in [3.05, 3.63) is 66.6 Å². The maximum Gasteiger partial charge on any atom is 0.323 e. The molecule has 0 saturated carbocycles. The summed E-state index contributed by atoms with van der Waals surface area (Å²) in [5.74, 6) is 0. The van der Waals surface area contributed by atoms with Crippen LogP contribution < -0.4 is 10.6 Å². The van der Waals surface area contributed by atoms with E-state index >= 15 is 0 Å². The fraction of sp³-hybridized carbons (Fsp3) is 0.125. The fourth-order valence-electron chi connectivity index (χ4n) is 1.98. The second-order valence-corrected chi connectivity index (χ2v) is 4.43. The number of primary amides is 1. The highest BCUT2D eigenvalue weighted by atomic mass is 16.2. The van der Waals surface area contributed by atoms with Crippen molar-refractivity contribution in [2.24, 2.45) is 5.73 Å². The average molecular weight is 253 g/mol. The largest absolute Gasteiger partial charge is 0.351 e. The number of rotatable bonds is 3. The Bertz CT molecular complexity index is 576. The van der Waals surface area contributed by atoms with E-state index in [1.807, 2.05) is 55.5 Å². The van der Waals surface area contributed by atoms with Gasteiger partial charge in [-0.1, -0.05) is 24.3 Å². The Morgan fingerprint density at radius 2 is 1.84 bits per heavy atom. The molecule has 0 bridgehead atoms. The van der Waals surface area contributed by atoms with Crippen molar-refractivity contribution in [2.75, 3.05) is 4.90 Å². The zero-order chi connectivity index (χ0) is 13.8. The zero-order valence-corrected chi connectivity index (χ0v) is 11.0. The van der Waals surface area contributed by atoms with Crippen molar-refractivity contribution < 1.29 is 4.79 Å². The molecule has 0 fully saturated rings. The van der Waals surface area contributed by atoms with Gasteiger partial charge in [-0.05, 0) is 55.7 Å². The molecular weight excluding hydrogens is 236 g/mol. The number of carbonyl (C=O) groups is 1. The van der Waals surface area contributed by atoms with Gasteiger partial charge in [0.05, 0.1) is 11.4 Å². The number of benzene rings is 2. The van der Waals surface area contributed by atoms with Crippen LogP contribution in [0.5, 0.6) is 0 Å². The molecule has 97 valence electrons. The Hall–Kier alpha value is -2.29. The third-order valence-corrected chi connectivity index (χ3v) is 2.96. The molecule has 2 aromatic carbocycles. The van der Waals surface area contributed by atoms with Gasteiger partial charge in [0.2, 0.25) is 0 Å². The van der Waals surface area contributed by atoms with Gasteiger partial charge in [-0.15, -0.1) is 0 Å². The second kappa shape index (κ2) is 5.57. The topological polar surface area (TPSA) is 46.3 Å². The predicted octanol–water partition coefficient (Wildman–Crippen LogP) is 3.59. The van der Waals surface area contributed by atoms with E-state index < -0.39 is 6.03 Å². The SMILES string of the molecule is [CH2]Cc1ccc(N(C(N)=O)c2cccc(C)c2)cc1. The lowest BCUT2D eigenvalue weighted by Gasteiger charge is -2.21. The summed E-state index contributed by atoms with van der Waals surface area (Å²) in [6.07, 6.45) is 0.724. The molecule has 0 aliphatic heterocycles. The molecule has 1 radical (unpaired) electrons. The Morgan fingerprint density at radius 1 is 1.16 bits per heavy atom. The predicted molar refractivity (Wildman–Crippen MR) is 78.4 cm³/mol. The summed E-state index contributed by atoms with van der Waals surface area (Å²) in [7, 11) is 0. The van der Waals surface area contributed by atoms with Gasteiger partial charge in [0.15, 0.2) is 0 Å². The zero-order valence-electron chi connectivity index (χ0n) is 11.0. The van der Waals surface area contributed by atoms with Crippen LogP contribution in [0.3, 0.4) is 0 Å². The summed E-state index contributed by atoms with van der Waals surface area (Å²) in [6.45, 7) is 5.81. The molecule has 3 nitrogen and oxygen atoms in total. The summed E-state index contributed by atoms with van der Waals surface area (Å²) >= 11 is 0. The molecule has 0 aromatic heterocycles. The van der Waals surface area contributed by atoms with Crippen molar-refractivity contribution in [2.45, 2.75) is 13.3 Å². The van der Waals surface area contributed by atoms with E-state index in [1.54, 1.807) is 0 Å². The molecular formula is C16H17N2O. The van der Waals surface area contributed by atoms with Crippen LogP contribution >= 0.6 is 0 Å². The molecule has 2 aromatic rings. The number of carbonyl (C=O) groups excluding carboxylic acids is 1. The average Bonchev–Trinajstić information content (AvgIpc) is 2.39. The van der Waals surface area contributed by atoms with Crippen molar-refractivity contribution in [1.29, 1.82) is 0 Å². The smallest absolute Gasteiger partial charge is 0.323 e. The standard InChI is InChI=1S/C16H17N2O/c1-3-13-7-9-14(10-8-13)18(16(17)19)15-6-4-5-12(2)11-15/h4-11H,1,3H2,2H3,(H2,17,19). The summed E-state index contributed by atoms with van der Waals surface area (Å²) in [4.78, 5) is 13.2. The number of nitrogens with two attached hydrogens (primary N) is 1. The van der Waals surface area contributed by atoms with Crippen LogP contribution in [0.1, 0.15) is 11.1 Å². The van der Waals surface area contributed by atoms with Crippen LogP contribution in [0.4, 0.5) is 16.2 Å². The molecule has 2 rings (SSSR count). The van der Waals surface area contributed by atoms with Gasteiger partial charge < -0.3 is 5.73 Å². The maximum absolute atomic E-state index is 11.7. The lowest BCUT2D eigenvalue weighted by Crippen LogP contribution is -2.31. The first kappa shape index (κ1) is 13.1. The highest BCUT2D eigenvalue weighted by Crippen LogP contribution is 2.26. The Balaban J connectivity index is 2.42. The lowest BCUT2D eigenvalue weighted by atomic mass is 10.1. The van der Waals surface area contributed by atoms with Gasteiger partial charge >= 0.3 is 6.03 Å². The highest BCUT2D eigenvalue weighted by molar-refractivity contribution is 5.98. The molecule has 0 saturated heterocycles. The summed E-state index contributed by atoms with van der Waals surface area (Å²) in [5, 5.41) is 0. The fourth-order valence-corrected chi connectivity index (χ4v) is 1.98. The first-order valence-corrected chi connectivity index (χ1v) is 6.16. The summed E-state index contributed by atoms with van der Waals surface area (Å²) < 4.78 is 0. The third-order valence-electron chi connectivity index (χ3n) is 2.96. The van der Waals surface area contributed by atoms with Crippen LogP contribution in [0.25, 0.3) is 0 Å². The van der Waals surface area contributed by atoms with E-state index in [1.165, 1.54) is 4.90 Å². The lowest BCUT2D eigenvalue weighted by molar-refractivity contribution is 0.256. The van der Waals surface area contributed by atoms with Crippen LogP contribution in [0, 0.1) is 13.8 Å². The molecule has 0 heterocycles. The first-order chi connectivity index (χ1) is 9.11. The highest BCUT2D eigenvalue weighted by Gasteiger charge is 2.14. The molecule has 2 amide bonds. The summed E-state index contributed by atoms with van der Waals surface area (Å²) in [6, 6.07) is 14.9. The molecule has 0 aliphatic rings. The van der Waals surface area contributed by atoms with Crippen molar-refractivity contribution in [3.63, 3.8) is 0 Å². The molecule has 0 atom stereocenters. The number of hydrogen-bond donors (Lipinski definition) is 1. The van der Waals surface area contributed by atoms with E-state index in [0.717, 1.165) is 28.9 Å². The molecule has 0 unspecified atom stereocenters. The van der Waals surface area contributed by atoms with Gasteiger partial charge in [-0.3, -0.25) is 4.90 Å². The Morgan fingerprint density at radius 3 is 2.37 bits per heavy atom. The van der Waals surface area contributed by atoms with E-state index in [9.17, 15) is 4.79 Å². The summed E-state index contributed by atoms with van der Waals surface area (Å²) in [5.41, 5.74) is 9.23. The van der Waals surface area contributed by atoms with Crippen molar-refractivity contribution >= 4 is 17.4 Å². The molecule has 3 heteroatoms. The minimum Gasteiger partial charge on any atom is -0.351 e. The van der Waals surface area contributed by atoms with Gasteiger partial charge in [-0.2, -0.15) is 0 Å². The van der Waals surface area contributed by atoms with Gasteiger partial charge in [0.1, 0.15) is 0 Å². The van der Waals surface area contributed by atoms with E-state index in [4.69, 9.17) is 5.73 Å².